The maximum absolute atomic E-state index is 8.79. The molecule has 106 valence electrons. The highest BCUT2D eigenvalue weighted by atomic mass is 16.5. The summed E-state index contributed by atoms with van der Waals surface area (Å²) in [5.74, 6) is 0.717. The summed E-state index contributed by atoms with van der Waals surface area (Å²) in [5, 5.41) is 11.8. The summed E-state index contributed by atoms with van der Waals surface area (Å²) >= 11 is 0. The van der Waals surface area contributed by atoms with Gasteiger partial charge in [0.15, 0.2) is 5.84 Å². The van der Waals surface area contributed by atoms with Gasteiger partial charge < -0.3 is 20.6 Å². The number of hydrogen-bond acceptors (Lipinski definition) is 4. The molecule has 1 aromatic carbocycles. The maximum atomic E-state index is 8.79. The highest BCUT2D eigenvalue weighted by Crippen LogP contribution is 2.19. The van der Waals surface area contributed by atoms with E-state index < -0.39 is 0 Å². The minimum absolute atomic E-state index is 0.0709. The van der Waals surface area contributed by atoms with Crippen molar-refractivity contribution in [2.75, 3.05) is 26.2 Å². The Morgan fingerprint density at radius 2 is 2.05 bits per heavy atom. The van der Waals surface area contributed by atoms with E-state index in [0.29, 0.717) is 17.9 Å². The van der Waals surface area contributed by atoms with Crippen molar-refractivity contribution >= 4 is 5.84 Å². The van der Waals surface area contributed by atoms with Crippen LogP contribution in [-0.4, -0.2) is 42.2 Å². The van der Waals surface area contributed by atoms with Gasteiger partial charge in [-0.25, -0.2) is 0 Å². The van der Waals surface area contributed by atoms with E-state index in [1.54, 1.807) is 0 Å². The van der Waals surface area contributed by atoms with Crippen LogP contribution in [0.2, 0.25) is 0 Å². The van der Waals surface area contributed by atoms with Gasteiger partial charge >= 0.3 is 0 Å². The fourth-order valence-electron chi connectivity index (χ4n) is 1.85. The smallest absolute Gasteiger partial charge is 0.173 e. The molecule has 0 saturated heterocycles. The van der Waals surface area contributed by atoms with E-state index >= 15 is 0 Å². The molecule has 5 nitrogen and oxygen atoms in total. The van der Waals surface area contributed by atoms with Gasteiger partial charge in [0.05, 0.1) is 5.56 Å². The molecule has 0 spiro atoms. The van der Waals surface area contributed by atoms with Crippen LogP contribution >= 0.6 is 0 Å². The van der Waals surface area contributed by atoms with Gasteiger partial charge in [-0.1, -0.05) is 30.6 Å². The molecule has 0 aliphatic carbocycles. The lowest BCUT2D eigenvalue weighted by atomic mass is 10.1. The maximum Gasteiger partial charge on any atom is 0.173 e. The van der Waals surface area contributed by atoms with Gasteiger partial charge in [-0.05, 0) is 32.1 Å². The van der Waals surface area contributed by atoms with Crippen molar-refractivity contribution < 1.29 is 9.94 Å². The topological polar surface area (TPSA) is 71.1 Å². The number of nitrogens with zero attached hydrogens (tertiary/aromatic N) is 2. The van der Waals surface area contributed by atoms with Gasteiger partial charge in [0.2, 0.25) is 0 Å². The third-order valence-corrected chi connectivity index (χ3v) is 3.08. The van der Waals surface area contributed by atoms with E-state index in [9.17, 15) is 0 Å². The minimum atomic E-state index is 0.0709. The largest absolute Gasteiger partial charge is 0.491 e. The first-order valence-electron chi connectivity index (χ1n) is 6.56. The molecule has 1 rings (SSSR count). The van der Waals surface area contributed by atoms with Gasteiger partial charge in [0, 0.05) is 6.54 Å². The lowest BCUT2D eigenvalue weighted by Crippen LogP contribution is -2.28. The van der Waals surface area contributed by atoms with E-state index in [0.717, 1.165) is 25.2 Å². The van der Waals surface area contributed by atoms with Crippen molar-refractivity contribution in [2.45, 2.75) is 20.8 Å². The van der Waals surface area contributed by atoms with Crippen LogP contribution in [0.25, 0.3) is 0 Å². The molecule has 1 aromatic rings. The molecule has 5 heteroatoms. The molecule has 0 bridgehead atoms. The molecule has 0 unspecified atom stereocenters. The van der Waals surface area contributed by atoms with Crippen molar-refractivity contribution in [3.63, 3.8) is 0 Å². The van der Waals surface area contributed by atoms with Crippen molar-refractivity contribution in [3.05, 3.63) is 29.3 Å². The summed E-state index contributed by atoms with van der Waals surface area (Å²) in [5.41, 5.74) is 7.32. The number of hydrogen-bond donors (Lipinski definition) is 2. The minimum Gasteiger partial charge on any atom is -0.491 e. The Morgan fingerprint density at radius 3 is 2.63 bits per heavy atom. The fraction of sp³-hybridized carbons (Fsp3) is 0.500. The van der Waals surface area contributed by atoms with Crippen LogP contribution in [0.5, 0.6) is 5.75 Å². The Balaban J connectivity index is 2.73. The third-order valence-electron chi connectivity index (χ3n) is 3.08. The molecular weight excluding hydrogens is 242 g/mol. The summed E-state index contributed by atoms with van der Waals surface area (Å²) in [6.45, 7) is 9.64. The Morgan fingerprint density at radius 1 is 1.37 bits per heavy atom. The number of nitrogens with two attached hydrogens (primary N) is 1. The van der Waals surface area contributed by atoms with Gasteiger partial charge in [-0.3, -0.25) is 0 Å². The zero-order chi connectivity index (χ0) is 14.3. The van der Waals surface area contributed by atoms with Gasteiger partial charge in [-0.2, -0.15) is 0 Å². The van der Waals surface area contributed by atoms with Gasteiger partial charge in [0.25, 0.3) is 0 Å². The Labute approximate surface area is 114 Å². The highest BCUT2D eigenvalue weighted by molar-refractivity contribution is 5.99. The molecule has 0 fully saturated rings. The lowest BCUT2D eigenvalue weighted by molar-refractivity contribution is 0.222. The molecule has 3 N–H and O–H groups in total. The average Bonchev–Trinajstić information content (AvgIpc) is 2.44. The number of aryl methyl sites for hydroxylation is 1. The summed E-state index contributed by atoms with van der Waals surface area (Å²) in [6.07, 6.45) is 0. The molecule has 0 atom stereocenters. The molecule has 0 saturated carbocycles. The molecule has 0 aromatic heterocycles. The van der Waals surface area contributed by atoms with Crippen LogP contribution in [0, 0.1) is 6.92 Å². The lowest BCUT2D eigenvalue weighted by Gasteiger charge is -2.19. The predicted octanol–water partition coefficient (Wildman–Crippen LogP) is 1.81. The predicted molar refractivity (Wildman–Crippen MR) is 77.0 cm³/mol. The van der Waals surface area contributed by atoms with Crippen LogP contribution in [-0.2, 0) is 0 Å². The monoisotopic (exact) mass is 265 g/mol. The van der Waals surface area contributed by atoms with Crippen LogP contribution in [0.3, 0.4) is 0 Å². The van der Waals surface area contributed by atoms with Crippen molar-refractivity contribution in [1.29, 1.82) is 0 Å². The van der Waals surface area contributed by atoms with Crippen molar-refractivity contribution in [2.24, 2.45) is 10.9 Å². The zero-order valence-electron chi connectivity index (χ0n) is 11.9. The SMILES string of the molecule is CCN(CC)CCOc1ccc(C)cc1/C(N)=N/O. The normalized spacial score (nSPS) is 11.9. The second-order valence-electron chi connectivity index (χ2n) is 4.36. The fourth-order valence-corrected chi connectivity index (χ4v) is 1.85. The van der Waals surface area contributed by atoms with E-state index in [2.05, 4.69) is 23.9 Å². The molecular formula is C14H23N3O2. The first kappa shape index (κ1) is 15.3. The number of likely N-dealkylation sites (N-methyl/N-ethyl adjacent to an activating group) is 1. The molecule has 19 heavy (non-hydrogen) atoms. The van der Waals surface area contributed by atoms with Crippen LogP contribution in [0.4, 0.5) is 0 Å². The first-order valence-corrected chi connectivity index (χ1v) is 6.56. The molecule has 0 aliphatic rings. The van der Waals surface area contributed by atoms with Crippen LogP contribution in [0.1, 0.15) is 25.0 Å². The summed E-state index contributed by atoms with van der Waals surface area (Å²) < 4.78 is 5.74. The second-order valence-corrected chi connectivity index (χ2v) is 4.36. The van der Waals surface area contributed by atoms with Crippen molar-refractivity contribution in [1.82, 2.24) is 4.90 Å². The van der Waals surface area contributed by atoms with Gasteiger partial charge in [-0.15, -0.1) is 0 Å². The second kappa shape index (κ2) is 7.63. The number of ether oxygens (including phenoxy) is 1. The van der Waals surface area contributed by atoms with E-state index in [1.165, 1.54) is 0 Å². The average molecular weight is 265 g/mol. The van der Waals surface area contributed by atoms with E-state index in [-0.39, 0.29) is 5.84 Å². The summed E-state index contributed by atoms with van der Waals surface area (Å²) in [7, 11) is 0. The van der Waals surface area contributed by atoms with E-state index in [1.807, 2.05) is 25.1 Å². The highest BCUT2D eigenvalue weighted by Gasteiger charge is 2.09. The first-order chi connectivity index (χ1) is 9.12. The van der Waals surface area contributed by atoms with Crippen molar-refractivity contribution in [3.8, 4) is 5.75 Å². The molecule has 0 radical (unpaired) electrons. The number of benzene rings is 1. The van der Waals surface area contributed by atoms with Crippen LogP contribution < -0.4 is 10.5 Å². The number of oxime groups is 1. The molecule has 0 amide bonds. The summed E-state index contributed by atoms with van der Waals surface area (Å²) in [4.78, 5) is 2.28. The zero-order valence-corrected chi connectivity index (χ0v) is 11.9. The third kappa shape index (κ3) is 4.44. The number of rotatable bonds is 7. The number of amidine groups is 1. The van der Waals surface area contributed by atoms with E-state index in [4.69, 9.17) is 15.7 Å². The summed E-state index contributed by atoms with van der Waals surface area (Å²) in [6, 6.07) is 5.65. The Kier molecular flexibility index (Phi) is 6.15. The Hall–Kier alpha value is -1.75. The Bertz CT molecular complexity index is 429. The molecule has 0 heterocycles. The van der Waals surface area contributed by atoms with Crippen LogP contribution in [0.15, 0.2) is 23.4 Å². The van der Waals surface area contributed by atoms with Gasteiger partial charge in [0.1, 0.15) is 12.4 Å². The molecule has 0 aliphatic heterocycles. The quantitative estimate of drug-likeness (QED) is 0.341. The standard InChI is InChI=1S/C14H23N3O2/c1-4-17(5-2)8-9-19-13-7-6-11(3)10-12(13)14(15)16-18/h6-7,10,18H,4-5,8-9H2,1-3H3,(H2,15,16).